The van der Waals surface area contributed by atoms with Crippen molar-refractivity contribution in [2.45, 2.75) is 38.8 Å². The number of hydrogen-bond acceptors (Lipinski definition) is 9. The Bertz CT molecular complexity index is 1060. The van der Waals surface area contributed by atoms with E-state index in [4.69, 9.17) is 16.3 Å². The van der Waals surface area contributed by atoms with Crippen LogP contribution in [0.2, 0.25) is 5.15 Å². The fourth-order valence-corrected chi connectivity index (χ4v) is 4.74. The molecular weight excluding hydrogens is 474 g/mol. The number of thiazole rings is 1. The van der Waals surface area contributed by atoms with E-state index in [0.717, 1.165) is 0 Å². The van der Waals surface area contributed by atoms with Crippen molar-refractivity contribution in [1.82, 2.24) is 25.6 Å². The van der Waals surface area contributed by atoms with E-state index in [1.165, 1.54) is 11.3 Å². The van der Waals surface area contributed by atoms with Crippen molar-refractivity contribution in [2.24, 2.45) is 5.18 Å². The molecular formula is C19H24ClN7O5S. The number of aromatic amines is 1. The Morgan fingerprint density at radius 1 is 1.33 bits per heavy atom. The minimum atomic E-state index is -0.958. The first-order chi connectivity index (χ1) is 15.8. The van der Waals surface area contributed by atoms with Gasteiger partial charge in [0.05, 0.1) is 23.5 Å². The van der Waals surface area contributed by atoms with E-state index in [2.05, 4.69) is 30.8 Å². The van der Waals surface area contributed by atoms with Crippen LogP contribution in [-0.4, -0.2) is 71.6 Å². The summed E-state index contributed by atoms with van der Waals surface area (Å²) in [5.74, 6) is -1.66. The molecule has 0 spiro atoms. The third-order valence-corrected chi connectivity index (χ3v) is 6.77. The highest BCUT2D eigenvalue weighted by molar-refractivity contribution is 7.17. The van der Waals surface area contributed by atoms with Gasteiger partial charge in [-0.1, -0.05) is 29.9 Å². The molecule has 178 valence electrons. The largest absolute Gasteiger partial charge is 0.377 e. The number of rotatable bonds is 8. The van der Waals surface area contributed by atoms with Crippen LogP contribution in [0, 0.1) is 11.8 Å². The maximum absolute atomic E-state index is 12.6. The number of carbonyl (C=O) groups is 3. The maximum Gasteiger partial charge on any atom is 0.305 e. The van der Waals surface area contributed by atoms with Gasteiger partial charge in [-0.3, -0.25) is 14.4 Å². The Labute approximate surface area is 198 Å². The molecule has 0 aliphatic carbocycles. The predicted octanol–water partition coefficient (Wildman–Crippen LogP) is 1.44. The first-order valence-electron chi connectivity index (χ1n) is 10.2. The number of amides is 3. The summed E-state index contributed by atoms with van der Waals surface area (Å²) in [7, 11) is 1.57. The van der Waals surface area contributed by atoms with E-state index in [1.54, 1.807) is 14.0 Å². The molecule has 1 saturated heterocycles. The molecule has 0 radical (unpaired) electrons. The van der Waals surface area contributed by atoms with Gasteiger partial charge in [-0.05, 0) is 19.8 Å². The number of methoxy groups -OCH3 is 1. The molecule has 2 aromatic rings. The number of nitrogens with zero attached hydrogens (tertiary/aromatic N) is 4. The van der Waals surface area contributed by atoms with Gasteiger partial charge < -0.3 is 25.3 Å². The van der Waals surface area contributed by atoms with Gasteiger partial charge >= 0.3 is 5.91 Å². The van der Waals surface area contributed by atoms with Gasteiger partial charge in [-0.2, -0.15) is 0 Å². The lowest BCUT2D eigenvalue weighted by Crippen LogP contribution is -2.55. The molecule has 2 unspecified atom stereocenters. The van der Waals surface area contributed by atoms with Crippen LogP contribution in [0.3, 0.4) is 0 Å². The van der Waals surface area contributed by atoms with Crippen molar-refractivity contribution >= 4 is 45.8 Å². The van der Waals surface area contributed by atoms with E-state index in [-0.39, 0.29) is 29.0 Å². The lowest BCUT2D eigenvalue weighted by Gasteiger charge is -2.37. The molecule has 1 aliphatic heterocycles. The number of piperidine rings is 1. The Kier molecular flexibility index (Phi) is 8.10. The molecule has 3 heterocycles. The molecule has 12 nitrogen and oxygen atoms in total. The highest BCUT2D eigenvalue weighted by Gasteiger charge is 2.33. The Morgan fingerprint density at radius 3 is 2.73 bits per heavy atom. The summed E-state index contributed by atoms with van der Waals surface area (Å²) >= 11 is 7.21. The third-order valence-electron chi connectivity index (χ3n) is 5.24. The smallest absolute Gasteiger partial charge is 0.305 e. The average Bonchev–Trinajstić information content (AvgIpc) is 3.39. The Hall–Kier alpha value is -2.90. The molecule has 14 heteroatoms. The fourth-order valence-electron chi connectivity index (χ4n) is 3.46. The predicted molar refractivity (Wildman–Crippen MR) is 122 cm³/mol. The Balaban J connectivity index is 1.64. The number of aromatic nitrogens is 3. The molecule has 33 heavy (non-hydrogen) atoms. The molecule has 0 aromatic carbocycles. The van der Waals surface area contributed by atoms with E-state index < -0.39 is 18.4 Å². The van der Waals surface area contributed by atoms with Crippen LogP contribution in [0.25, 0.3) is 0 Å². The number of nitrogens with one attached hydrogen (secondary N) is 3. The summed E-state index contributed by atoms with van der Waals surface area (Å²) < 4.78 is 5.61. The minimum Gasteiger partial charge on any atom is -0.377 e. The first-order valence-corrected chi connectivity index (χ1v) is 11.4. The SMILES string of the molecule is CCc1[nH]c(C(=O)NC2CCN(c3nc(C)c(C(=O)NCC(=O)N=O)s3)CC2OC)nc1Cl. The van der Waals surface area contributed by atoms with Gasteiger partial charge in [-0.25, -0.2) is 9.97 Å². The van der Waals surface area contributed by atoms with Gasteiger partial charge in [0.25, 0.3) is 11.8 Å². The highest BCUT2D eigenvalue weighted by Crippen LogP contribution is 2.29. The molecule has 3 amide bonds. The van der Waals surface area contributed by atoms with E-state index in [9.17, 15) is 19.3 Å². The zero-order chi connectivity index (χ0) is 24.1. The van der Waals surface area contributed by atoms with Gasteiger partial charge in [0.2, 0.25) is 0 Å². The standard InChI is InChI=1S/C19H24ClN7O5S/c1-4-10-15(20)25-16(23-10)18(30)24-11-5-6-27(8-12(11)32-3)19-22-9(2)14(33-19)17(29)21-7-13(28)26-31/h11-12H,4-8H2,1-3H3,(H,21,29)(H,23,25)(H,24,30). The normalized spacial score (nSPS) is 18.1. The van der Waals surface area contributed by atoms with Crippen molar-refractivity contribution in [3.63, 3.8) is 0 Å². The monoisotopic (exact) mass is 497 g/mol. The lowest BCUT2D eigenvalue weighted by molar-refractivity contribution is -0.117. The summed E-state index contributed by atoms with van der Waals surface area (Å²) in [4.78, 5) is 59.9. The van der Waals surface area contributed by atoms with Gasteiger partial charge in [0.1, 0.15) is 11.4 Å². The summed E-state index contributed by atoms with van der Waals surface area (Å²) in [5, 5.41) is 8.46. The highest BCUT2D eigenvalue weighted by atomic mass is 35.5. The number of aryl methyl sites for hydroxylation is 2. The van der Waals surface area contributed by atoms with Crippen LogP contribution in [-0.2, 0) is 16.0 Å². The second-order valence-corrected chi connectivity index (χ2v) is 8.71. The summed E-state index contributed by atoms with van der Waals surface area (Å²) in [6, 6.07) is -0.251. The molecule has 3 rings (SSSR count). The number of anilines is 1. The zero-order valence-electron chi connectivity index (χ0n) is 18.3. The Morgan fingerprint density at radius 2 is 2.09 bits per heavy atom. The van der Waals surface area contributed by atoms with Gasteiger partial charge in [0.15, 0.2) is 16.1 Å². The maximum atomic E-state index is 12.6. The van der Waals surface area contributed by atoms with Gasteiger partial charge in [-0.15, -0.1) is 4.91 Å². The molecule has 0 saturated carbocycles. The summed E-state index contributed by atoms with van der Waals surface area (Å²) in [5.41, 5.74) is 1.20. The molecule has 1 aliphatic rings. The molecule has 1 fully saturated rings. The average molecular weight is 498 g/mol. The second kappa shape index (κ2) is 10.8. The van der Waals surface area contributed by atoms with Crippen LogP contribution in [0.5, 0.6) is 0 Å². The van der Waals surface area contributed by atoms with Gasteiger partial charge in [0, 0.05) is 25.4 Å². The molecule has 3 N–H and O–H groups in total. The molecule has 0 bridgehead atoms. The molecule has 2 atom stereocenters. The van der Waals surface area contributed by atoms with Crippen molar-refractivity contribution in [3.05, 3.63) is 32.1 Å². The van der Waals surface area contributed by atoms with Crippen molar-refractivity contribution in [3.8, 4) is 0 Å². The third kappa shape index (κ3) is 5.72. The van der Waals surface area contributed by atoms with Crippen molar-refractivity contribution in [1.29, 1.82) is 0 Å². The minimum absolute atomic E-state index is 0.156. The van der Waals surface area contributed by atoms with E-state index in [1.807, 2.05) is 11.8 Å². The second-order valence-electron chi connectivity index (χ2n) is 7.38. The van der Waals surface area contributed by atoms with Crippen LogP contribution in [0.15, 0.2) is 5.18 Å². The number of hydrogen-bond donors (Lipinski definition) is 3. The topological polar surface area (TPSA) is 159 Å². The van der Waals surface area contributed by atoms with Crippen LogP contribution in [0.1, 0.15) is 45.0 Å². The quantitative estimate of drug-likeness (QED) is 0.462. The summed E-state index contributed by atoms with van der Waals surface area (Å²) in [6.07, 6.45) is 0.894. The zero-order valence-corrected chi connectivity index (χ0v) is 19.9. The lowest BCUT2D eigenvalue weighted by atomic mass is 10.0. The van der Waals surface area contributed by atoms with E-state index >= 15 is 0 Å². The van der Waals surface area contributed by atoms with E-state index in [0.29, 0.717) is 47.3 Å². The van der Waals surface area contributed by atoms with Crippen LogP contribution >= 0.6 is 22.9 Å². The van der Waals surface area contributed by atoms with Crippen molar-refractivity contribution in [2.75, 3.05) is 31.6 Å². The van der Waals surface area contributed by atoms with Crippen LogP contribution < -0.4 is 15.5 Å². The van der Waals surface area contributed by atoms with Crippen LogP contribution in [0.4, 0.5) is 5.13 Å². The van der Waals surface area contributed by atoms with Crippen molar-refractivity contribution < 1.29 is 19.1 Å². The molecule has 2 aromatic heterocycles. The first kappa shape index (κ1) is 24.7. The summed E-state index contributed by atoms with van der Waals surface area (Å²) in [6.45, 7) is 4.16. The number of halogens is 1. The number of nitroso groups, excluding NO2 is 1. The number of ether oxygens (including phenoxy) is 1. The number of H-pyrrole nitrogens is 1. The number of carbonyl (C=O) groups excluding carboxylic acids is 3. The number of imidazole rings is 1. The fraction of sp³-hybridized carbons (Fsp3) is 0.526.